The van der Waals surface area contributed by atoms with E-state index in [1.54, 1.807) is 0 Å². The smallest absolute Gasteiger partial charge is 0.305 e. The highest BCUT2D eigenvalue weighted by Gasteiger charge is 2.26. The van der Waals surface area contributed by atoms with E-state index in [4.69, 9.17) is 15.2 Å². The lowest BCUT2D eigenvalue weighted by molar-refractivity contribution is -0.144. The molecule has 1 aliphatic rings. The van der Waals surface area contributed by atoms with Crippen molar-refractivity contribution in [2.45, 2.75) is 180 Å². The first-order chi connectivity index (χ1) is 21.5. The highest BCUT2D eigenvalue weighted by Crippen LogP contribution is 2.22. The maximum absolute atomic E-state index is 12.3. The summed E-state index contributed by atoms with van der Waals surface area (Å²) in [5.74, 6) is -0.174. The van der Waals surface area contributed by atoms with Crippen LogP contribution in [0.1, 0.15) is 174 Å². The Morgan fingerprint density at radius 1 is 0.591 bits per heavy atom. The monoisotopic (exact) mass is 624 g/mol. The van der Waals surface area contributed by atoms with E-state index in [9.17, 15) is 9.59 Å². The molecule has 44 heavy (non-hydrogen) atoms. The Labute approximate surface area is 272 Å². The van der Waals surface area contributed by atoms with Crippen molar-refractivity contribution in [1.82, 2.24) is 10.2 Å². The van der Waals surface area contributed by atoms with Gasteiger partial charge in [-0.15, -0.1) is 0 Å². The number of rotatable bonds is 31. The molecule has 1 saturated heterocycles. The van der Waals surface area contributed by atoms with Crippen LogP contribution in [0.4, 0.5) is 0 Å². The van der Waals surface area contributed by atoms with Gasteiger partial charge in [0.1, 0.15) is 13.2 Å². The summed E-state index contributed by atoms with van der Waals surface area (Å²) in [5.41, 5.74) is 6.58. The van der Waals surface area contributed by atoms with Crippen molar-refractivity contribution in [3.63, 3.8) is 0 Å². The molecular weight excluding hydrogens is 550 g/mol. The van der Waals surface area contributed by atoms with Crippen LogP contribution in [0.15, 0.2) is 0 Å². The molecule has 0 aromatic carbocycles. The Hall–Kier alpha value is -1.18. The number of nitrogens with zero attached hydrogens (tertiary/aromatic N) is 1. The lowest BCUT2D eigenvalue weighted by Crippen LogP contribution is -2.48. The molecule has 7 heteroatoms. The van der Waals surface area contributed by atoms with Gasteiger partial charge in [0.25, 0.3) is 0 Å². The minimum atomic E-state index is -0.0868. The van der Waals surface area contributed by atoms with Gasteiger partial charge in [0.2, 0.25) is 0 Å². The molecule has 0 amide bonds. The average molecular weight is 624 g/mol. The van der Waals surface area contributed by atoms with E-state index in [1.165, 1.54) is 89.9 Å². The first kappa shape index (κ1) is 40.8. The highest BCUT2D eigenvalue weighted by molar-refractivity contribution is 5.69. The summed E-state index contributed by atoms with van der Waals surface area (Å²) in [5, 5.41) is 3.40. The summed E-state index contributed by atoms with van der Waals surface area (Å²) < 4.78 is 11.2. The zero-order chi connectivity index (χ0) is 32.0. The van der Waals surface area contributed by atoms with Gasteiger partial charge in [-0.2, -0.15) is 0 Å². The van der Waals surface area contributed by atoms with Gasteiger partial charge in [-0.1, -0.05) is 123 Å². The zero-order valence-corrected chi connectivity index (χ0v) is 29.3. The number of carbonyl (C=O) groups is 2. The van der Waals surface area contributed by atoms with Gasteiger partial charge in [-0.3, -0.25) is 14.5 Å². The molecule has 0 aliphatic carbocycles. The maximum atomic E-state index is 12.3. The molecule has 1 fully saturated rings. The number of hydrogen-bond donors (Lipinski definition) is 2. The molecule has 3 N–H and O–H groups in total. The van der Waals surface area contributed by atoms with Crippen LogP contribution in [0, 0.1) is 0 Å². The molecule has 0 radical (unpaired) electrons. The van der Waals surface area contributed by atoms with E-state index in [1.807, 2.05) is 0 Å². The summed E-state index contributed by atoms with van der Waals surface area (Å²) >= 11 is 0. The van der Waals surface area contributed by atoms with Crippen LogP contribution < -0.4 is 11.1 Å². The van der Waals surface area contributed by atoms with E-state index in [0.29, 0.717) is 39.1 Å². The van der Waals surface area contributed by atoms with Gasteiger partial charge in [0.15, 0.2) is 0 Å². The third-order valence-corrected chi connectivity index (χ3v) is 9.31. The zero-order valence-electron chi connectivity index (χ0n) is 29.3. The Kier molecular flexibility index (Phi) is 27.1. The predicted octanol–water partition coefficient (Wildman–Crippen LogP) is 8.47. The van der Waals surface area contributed by atoms with Crippen LogP contribution in [0.5, 0.6) is 0 Å². The number of esters is 2. The standard InChI is InChI=1S/C37H73N3O4/c1-3-5-7-9-11-13-15-17-19-23-35(41)43-33-31-40(30-22-21-25-37(38)26-28-39-29-27-37)32-34-44-36(42)24-20-18-16-14-12-10-8-6-4-2/h39H,3-34,38H2,1-2H3. The summed E-state index contributed by atoms with van der Waals surface area (Å²) in [7, 11) is 0. The molecule has 0 bridgehead atoms. The summed E-state index contributed by atoms with van der Waals surface area (Å²) in [6.45, 7) is 9.58. The quantitative estimate of drug-likeness (QED) is 0.0591. The molecule has 0 aromatic rings. The first-order valence-corrected chi connectivity index (χ1v) is 19.0. The topological polar surface area (TPSA) is 93.9 Å². The molecule has 0 spiro atoms. The number of ether oxygens (including phenoxy) is 2. The van der Waals surface area contributed by atoms with Gasteiger partial charge in [-0.05, 0) is 58.2 Å². The minimum Gasteiger partial charge on any atom is -0.464 e. The first-order valence-electron chi connectivity index (χ1n) is 19.0. The maximum Gasteiger partial charge on any atom is 0.305 e. The Balaban J connectivity index is 2.24. The van der Waals surface area contributed by atoms with Gasteiger partial charge < -0.3 is 20.5 Å². The Morgan fingerprint density at radius 3 is 1.43 bits per heavy atom. The SMILES string of the molecule is CCCCCCCCCCCC(=O)OCCN(CCCCC1(N)CCNCC1)CCOC(=O)CCCCCCCCCCC. The third kappa shape index (κ3) is 25.1. The second kappa shape index (κ2) is 29.2. The van der Waals surface area contributed by atoms with Crippen LogP contribution in [0.25, 0.3) is 0 Å². The summed E-state index contributed by atoms with van der Waals surface area (Å²) in [6.07, 6.45) is 28.6. The number of piperidine rings is 1. The third-order valence-electron chi connectivity index (χ3n) is 9.31. The van der Waals surface area contributed by atoms with Crippen molar-refractivity contribution in [3.8, 4) is 0 Å². The second-order valence-electron chi connectivity index (χ2n) is 13.5. The normalized spacial score (nSPS) is 14.6. The van der Waals surface area contributed by atoms with Crippen LogP contribution in [-0.4, -0.2) is 68.3 Å². The molecule has 0 atom stereocenters. The van der Waals surface area contributed by atoms with Crippen LogP contribution in [-0.2, 0) is 19.1 Å². The fourth-order valence-electron chi connectivity index (χ4n) is 6.20. The summed E-state index contributed by atoms with van der Waals surface area (Å²) in [6, 6.07) is 0. The number of hydrogen-bond acceptors (Lipinski definition) is 7. The van der Waals surface area contributed by atoms with Crippen molar-refractivity contribution < 1.29 is 19.1 Å². The van der Waals surface area contributed by atoms with Crippen LogP contribution >= 0.6 is 0 Å². The number of nitrogens with two attached hydrogens (primary N) is 1. The Morgan fingerprint density at radius 2 is 1.00 bits per heavy atom. The molecule has 1 rings (SSSR count). The molecule has 7 nitrogen and oxygen atoms in total. The lowest BCUT2D eigenvalue weighted by Gasteiger charge is -2.34. The van der Waals surface area contributed by atoms with Crippen molar-refractivity contribution in [3.05, 3.63) is 0 Å². The fraction of sp³-hybridized carbons (Fsp3) is 0.946. The molecule has 0 saturated carbocycles. The van der Waals surface area contributed by atoms with E-state index in [0.717, 1.165) is 77.4 Å². The number of unbranched alkanes of at least 4 members (excludes halogenated alkanes) is 17. The van der Waals surface area contributed by atoms with Crippen LogP contribution in [0.3, 0.4) is 0 Å². The highest BCUT2D eigenvalue weighted by atomic mass is 16.5. The minimum absolute atomic E-state index is 0.0365. The van der Waals surface area contributed by atoms with Crippen molar-refractivity contribution in [2.24, 2.45) is 5.73 Å². The average Bonchev–Trinajstić information content (AvgIpc) is 3.01. The van der Waals surface area contributed by atoms with E-state index >= 15 is 0 Å². The van der Waals surface area contributed by atoms with Crippen molar-refractivity contribution in [1.29, 1.82) is 0 Å². The number of carbonyl (C=O) groups excluding carboxylic acids is 2. The van der Waals surface area contributed by atoms with Gasteiger partial charge >= 0.3 is 11.9 Å². The van der Waals surface area contributed by atoms with Gasteiger partial charge in [-0.25, -0.2) is 0 Å². The summed E-state index contributed by atoms with van der Waals surface area (Å²) in [4.78, 5) is 26.9. The molecule has 260 valence electrons. The molecule has 0 aromatic heterocycles. The Bertz CT molecular complexity index is 629. The van der Waals surface area contributed by atoms with Gasteiger partial charge in [0.05, 0.1) is 0 Å². The predicted molar refractivity (Wildman–Crippen MR) is 185 cm³/mol. The van der Waals surface area contributed by atoms with Gasteiger partial charge in [0, 0.05) is 31.5 Å². The lowest BCUT2D eigenvalue weighted by atomic mass is 9.84. The molecular formula is C37H73N3O4. The fourth-order valence-corrected chi connectivity index (χ4v) is 6.20. The number of nitrogens with one attached hydrogen (secondary N) is 1. The van der Waals surface area contributed by atoms with E-state index in [-0.39, 0.29) is 17.5 Å². The molecule has 0 unspecified atom stereocenters. The van der Waals surface area contributed by atoms with E-state index < -0.39 is 0 Å². The molecule has 1 heterocycles. The largest absolute Gasteiger partial charge is 0.464 e. The van der Waals surface area contributed by atoms with Crippen LogP contribution in [0.2, 0.25) is 0 Å². The van der Waals surface area contributed by atoms with Crippen molar-refractivity contribution in [2.75, 3.05) is 45.9 Å². The second-order valence-corrected chi connectivity index (χ2v) is 13.5. The van der Waals surface area contributed by atoms with Crippen molar-refractivity contribution >= 4 is 11.9 Å². The van der Waals surface area contributed by atoms with E-state index in [2.05, 4.69) is 24.1 Å². The molecule has 1 aliphatic heterocycles.